The summed E-state index contributed by atoms with van der Waals surface area (Å²) in [5.74, 6) is 0. The maximum absolute atomic E-state index is 3.42. The molecule has 0 saturated carbocycles. The van der Waals surface area contributed by atoms with Gasteiger partial charge < -0.3 is 5.32 Å². The van der Waals surface area contributed by atoms with Crippen molar-refractivity contribution in [2.45, 2.75) is 33.6 Å². The first-order valence-corrected chi connectivity index (χ1v) is 8.63. The largest absolute Gasteiger partial charge is 0.356 e. The van der Waals surface area contributed by atoms with Crippen LogP contribution in [0, 0.1) is 0 Å². The van der Waals surface area contributed by atoms with Gasteiger partial charge in [0.05, 0.1) is 0 Å². The van der Waals surface area contributed by atoms with Crippen LogP contribution in [0.5, 0.6) is 0 Å². The summed E-state index contributed by atoms with van der Waals surface area (Å²) >= 11 is 0. The number of rotatable bonds is 7. The number of benzene rings is 2. The third-order valence-electron chi connectivity index (χ3n) is 3.89. The Morgan fingerprint density at radius 2 is 1.58 bits per heavy atom. The van der Waals surface area contributed by atoms with E-state index < -0.39 is 0 Å². The lowest BCUT2D eigenvalue weighted by Crippen LogP contribution is -1.93. The molecule has 0 bridgehead atoms. The van der Waals surface area contributed by atoms with E-state index in [1.807, 2.05) is 18.2 Å². The molecule has 0 saturated heterocycles. The summed E-state index contributed by atoms with van der Waals surface area (Å²) in [4.78, 5) is 0. The van der Waals surface area contributed by atoms with Crippen LogP contribution in [0.4, 0.5) is 11.4 Å². The molecule has 0 heterocycles. The van der Waals surface area contributed by atoms with E-state index in [1.165, 1.54) is 16.7 Å². The molecular formula is C23H27N. The Balaban J connectivity index is 2.10. The zero-order valence-corrected chi connectivity index (χ0v) is 14.9. The van der Waals surface area contributed by atoms with Crippen molar-refractivity contribution in [3.8, 4) is 0 Å². The van der Waals surface area contributed by atoms with Crippen molar-refractivity contribution in [2.75, 3.05) is 5.32 Å². The smallest absolute Gasteiger partial charge is 0.0384 e. The van der Waals surface area contributed by atoms with Crippen LogP contribution in [-0.2, 0) is 6.42 Å². The van der Waals surface area contributed by atoms with Crippen molar-refractivity contribution < 1.29 is 0 Å². The van der Waals surface area contributed by atoms with Crippen molar-refractivity contribution in [2.24, 2.45) is 0 Å². The maximum Gasteiger partial charge on any atom is 0.0384 e. The van der Waals surface area contributed by atoms with Crippen molar-refractivity contribution in [1.29, 1.82) is 0 Å². The second-order valence-electron chi connectivity index (χ2n) is 5.88. The second kappa shape index (κ2) is 9.57. The average Bonchev–Trinajstić information content (AvgIpc) is 2.62. The molecule has 1 nitrogen and oxygen atoms in total. The van der Waals surface area contributed by atoms with Crippen LogP contribution >= 0.6 is 0 Å². The minimum Gasteiger partial charge on any atom is -0.356 e. The summed E-state index contributed by atoms with van der Waals surface area (Å²) in [6, 6.07) is 18.9. The van der Waals surface area contributed by atoms with Gasteiger partial charge in [0.15, 0.2) is 0 Å². The van der Waals surface area contributed by atoms with Crippen molar-refractivity contribution in [3.63, 3.8) is 0 Å². The number of nitrogens with one attached hydrogen (secondary N) is 1. The summed E-state index contributed by atoms with van der Waals surface area (Å²) in [5.41, 5.74) is 6.25. The lowest BCUT2D eigenvalue weighted by molar-refractivity contribution is 1.15. The summed E-state index contributed by atoms with van der Waals surface area (Å²) in [7, 11) is 0. The lowest BCUT2D eigenvalue weighted by atomic mass is 9.99. The molecule has 0 radical (unpaired) electrons. The van der Waals surface area contributed by atoms with E-state index in [2.05, 4.69) is 86.8 Å². The topological polar surface area (TPSA) is 12.0 Å². The average molecular weight is 317 g/mol. The zero-order chi connectivity index (χ0) is 17.2. The van der Waals surface area contributed by atoms with Crippen LogP contribution in [0.2, 0.25) is 0 Å². The van der Waals surface area contributed by atoms with Crippen LogP contribution < -0.4 is 5.32 Å². The Labute approximate surface area is 146 Å². The molecule has 1 N–H and O–H groups in total. The van der Waals surface area contributed by atoms with Crippen molar-refractivity contribution >= 4 is 11.4 Å². The molecule has 2 aromatic carbocycles. The van der Waals surface area contributed by atoms with Gasteiger partial charge in [-0.1, -0.05) is 61.6 Å². The van der Waals surface area contributed by atoms with E-state index in [0.717, 1.165) is 24.2 Å². The summed E-state index contributed by atoms with van der Waals surface area (Å²) in [5, 5.41) is 3.42. The number of para-hydroxylation sites is 1. The van der Waals surface area contributed by atoms with E-state index >= 15 is 0 Å². The van der Waals surface area contributed by atoms with Gasteiger partial charge in [-0.2, -0.15) is 0 Å². The fourth-order valence-electron chi connectivity index (χ4n) is 2.55. The van der Waals surface area contributed by atoms with Crippen LogP contribution in [-0.4, -0.2) is 0 Å². The van der Waals surface area contributed by atoms with E-state index in [9.17, 15) is 0 Å². The summed E-state index contributed by atoms with van der Waals surface area (Å²) < 4.78 is 0. The van der Waals surface area contributed by atoms with Gasteiger partial charge in [-0.3, -0.25) is 0 Å². The highest BCUT2D eigenvalue weighted by molar-refractivity contribution is 5.59. The zero-order valence-electron chi connectivity index (χ0n) is 14.9. The normalized spacial score (nSPS) is 12.6. The van der Waals surface area contributed by atoms with Gasteiger partial charge in [0.2, 0.25) is 0 Å². The van der Waals surface area contributed by atoms with E-state index in [0.29, 0.717) is 0 Å². The summed E-state index contributed by atoms with van der Waals surface area (Å²) in [6.45, 7) is 6.42. The number of hydrogen-bond acceptors (Lipinski definition) is 1. The first-order chi connectivity index (χ1) is 11.7. The molecule has 0 aliphatic heterocycles. The SMILES string of the molecule is C\C=C/C(Cc1ccc(Nc2ccccc2)cc1)=C(C)/C=C\CC. The van der Waals surface area contributed by atoms with Crippen molar-refractivity contribution in [1.82, 2.24) is 0 Å². The maximum atomic E-state index is 3.42. The highest BCUT2D eigenvalue weighted by atomic mass is 14.9. The monoisotopic (exact) mass is 317 g/mol. The Morgan fingerprint density at radius 1 is 0.917 bits per heavy atom. The Kier molecular flexibility index (Phi) is 7.10. The number of hydrogen-bond donors (Lipinski definition) is 1. The standard InChI is InChI=1S/C23H27N/c1-4-6-11-19(3)21(10-5-2)18-20-14-16-23(17-15-20)24-22-12-8-7-9-13-22/h5-17,24H,4,18H2,1-3H3/b10-5-,11-6-,21-19-. The first kappa shape index (κ1) is 17.8. The van der Waals surface area contributed by atoms with Gasteiger partial charge in [-0.15, -0.1) is 0 Å². The molecule has 0 fully saturated rings. The van der Waals surface area contributed by atoms with Gasteiger partial charge >= 0.3 is 0 Å². The quantitative estimate of drug-likeness (QED) is 0.552. The molecule has 0 aliphatic carbocycles. The Morgan fingerprint density at radius 3 is 2.21 bits per heavy atom. The van der Waals surface area contributed by atoms with Crippen LogP contribution in [0.3, 0.4) is 0 Å². The minimum atomic E-state index is 0.954. The van der Waals surface area contributed by atoms with Gasteiger partial charge in [0.1, 0.15) is 0 Å². The Hall–Kier alpha value is -2.54. The highest BCUT2D eigenvalue weighted by Crippen LogP contribution is 2.20. The van der Waals surface area contributed by atoms with Gasteiger partial charge in [0.25, 0.3) is 0 Å². The second-order valence-corrected chi connectivity index (χ2v) is 5.88. The molecular weight excluding hydrogens is 290 g/mol. The van der Waals surface area contributed by atoms with Crippen molar-refractivity contribution in [3.05, 3.63) is 95.6 Å². The van der Waals surface area contributed by atoms with Gasteiger partial charge in [-0.05, 0) is 67.7 Å². The molecule has 2 rings (SSSR count). The molecule has 124 valence electrons. The van der Waals surface area contributed by atoms with Gasteiger partial charge in [0, 0.05) is 11.4 Å². The third-order valence-corrected chi connectivity index (χ3v) is 3.89. The molecule has 0 aromatic heterocycles. The molecule has 1 heteroatoms. The fourth-order valence-corrected chi connectivity index (χ4v) is 2.55. The van der Waals surface area contributed by atoms with E-state index in [4.69, 9.17) is 0 Å². The van der Waals surface area contributed by atoms with E-state index in [1.54, 1.807) is 0 Å². The molecule has 0 spiro atoms. The Bertz CT molecular complexity index is 703. The third kappa shape index (κ3) is 5.58. The number of allylic oxidation sites excluding steroid dienone is 6. The molecule has 2 aromatic rings. The lowest BCUT2D eigenvalue weighted by Gasteiger charge is -2.09. The first-order valence-electron chi connectivity index (χ1n) is 8.63. The minimum absolute atomic E-state index is 0.954. The summed E-state index contributed by atoms with van der Waals surface area (Å²) in [6.07, 6.45) is 10.8. The van der Waals surface area contributed by atoms with E-state index in [-0.39, 0.29) is 0 Å². The predicted molar refractivity (Wildman–Crippen MR) is 107 cm³/mol. The fraction of sp³-hybridized carbons (Fsp3) is 0.217. The molecule has 0 aliphatic rings. The molecule has 0 atom stereocenters. The van der Waals surface area contributed by atoms with Crippen LogP contribution in [0.15, 0.2) is 90.0 Å². The molecule has 0 unspecified atom stereocenters. The highest BCUT2D eigenvalue weighted by Gasteiger charge is 2.01. The molecule has 24 heavy (non-hydrogen) atoms. The predicted octanol–water partition coefficient (Wildman–Crippen LogP) is 6.83. The van der Waals surface area contributed by atoms with Crippen LogP contribution in [0.1, 0.15) is 32.8 Å². The molecule has 0 amide bonds. The number of anilines is 2. The van der Waals surface area contributed by atoms with Crippen LogP contribution in [0.25, 0.3) is 0 Å². The van der Waals surface area contributed by atoms with Gasteiger partial charge in [-0.25, -0.2) is 0 Å².